The Kier molecular flexibility index (Phi) is 5.14. The van der Waals surface area contributed by atoms with E-state index >= 15 is 0 Å². The van der Waals surface area contributed by atoms with E-state index in [9.17, 15) is 0 Å². The molecular formula is C27H36N4O. The third-order valence-electron chi connectivity index (χ3n) is 8.77. The number of anilines is 1. The first-order chi connectivity index (χ1) is 15.7. The van der Waals surface area contributed by atoms with Gasteiger partial charge in [0.25, 0.3) is 0 Å². The lowest BCUT2D eigenvalue weighted by Crippen LogP contribution is -2.46. The lowest BCUT2D eigenvalue weighted by Gasteiger charge is -2.36. The van der Waals surface area contributed by atoms with Gasteiger partial charge < -0.3 is 19.9 Å². The number of fused-ring (bicyclic) bond motifs is 1. The van der Waals surface area contributed by atoms with Crippen molar-refractivity contribution in [2.75, 3.05) is 51.3 Å². The summed E-state index contributed by atoms with van der Waals surface area (Å²) in [5, 5.41) is 5.04. The molecule has 1 spiro atoms. The Morgan fingerprint density at radius 3 is 2.69 bits per heavy atom. The van der Waals surface area contributed by atoms with Gasteiger partial charge in [-0.2, -0.15) is 0 Å². The average Bonchev–Trinajstić information content (AvgIpc) is 3.51. The fraction of sp³-hybridized carbons (Fsp3) is 0.593. The molecule has 1 N–H and O–H groups in total. The van der Waals surface area contributed by atoms with Gasteiger partial charge in [0.1, 0.15) is 11.6 Å². The summed E-state index contributed by atoms with van der Waals surface area (Å²) in [5.41, 5.74) is 3.03. The first-order valence-corrected chi connectivity index (χ1v) is 12.5. The third-order valence-corrected chi connectivity index (χ3v) is 8.77. The van der Waals surface area contributed by atoms with Crippen molar-refractivity contribution in [2.45, 2.75) is 32.7 Å². The van der Waals surface area contributed by atoms with Crippen molar-refractivity contribution in [1.82, 2.24) is 15.2 Å². The van der Waals surface area contributed by atoms with Crippen LogP contribution in [0.25, 0.3) is 10.9 Å². The van der Waals surface area contributed by atoms with E-state index in [1.165, 1.54) is 30.2 Å². The van der Waals surface area contributed by atoms with Gasteiger partial charge in [0, 0.05) is 49.7 Å². The minimum atomic E-state index is 0.681. The highest BCUT2D eigenvalue weighted by Crippen LogP contribution is 2.69. The Morgan fingerprint density at radius 2 is 1.97 bits per heavy atom. The summed E-state index contributed by atoms with van der Waals surface area (Å²) in [6.07, 6.45) is 9.35. The molecular weight excluding hydrogens is 396 g/mol. The molecule has 2 bridgehead atoms. The molecule has 5 nitrogen and oxygen atoms in total. The number of nitrogens with one attached hydrogen (secondary N) is 1. The van der Waals surface area contributed by atoms with Crippen LogP contribution in [0, 0.1) is 23.2 Å². The van der Waals surface area contributed by atoms with Gasteiger partial charge in [0.2, 0.25) is 0 Å². The molecule has 3 atom stereocenters. The molecule has 6 rings (SSSR count). The number of pyridine rings is 1. The monoisotopic (exact) mass is 432 g/mol. The normalized spacial score (nSPS) is 28.2. The number of benzene rings is 1. The smallest absolute Gasteiger partial charge is 0.133 e. The van der Waals surface area contributed by atoms with Crippen molar-refractivity contribution in [3.05, 3.63) is 42.0 Å². The van der Waals surface area contributed by atoms with Gasteiger partial charge in [0.15, 0.2) is 0 Å². The number of nitrogens with zero attached hydrogens (tertiary/aromatic N) is 3. The van der Waals surface area contributed by atoms with E-state index < -0.39 is 0 Å². The molecule has 2 saturated carbocycles. The average molecular weight is 433 g/mol. The second kappa shape index (κ2) is 8.03. The molecule has 3 fully saturated rings. The van der Waals surface area contributed by atoms with Crippen LogP contribution in [0.4, 0.5) is 5.82 Å². The number of hydrogen-bond donors (Lipinski definition) is 1. The van der Waals surface area contributed by atoms with Gasteiger partial charge in [-0.25, -0.2) is 4.98 Å². The summed E-state index contributed by atoms with van der Waals surface area (Å²) in [6.45, 7) is 9.71. The van der Waals surface area contributed by atoms with Gasteiger partial charge >= 0.3 is 0 Å². The Labute approximate surface area is 191 Å². The van der Waals surface area contributed by atoms with Crippen LogP contribution in [0.2, 0.25) is 0 Å². The number of methoxy groups -OCH3 is 1. The molecule has 0 amide bonds. The quantitative estimate of drug-likeness (QED) is 0.668. The predicted molar refractivity (Wildman–Crippen MR) is 130 cm³/mol. The number of piperazine rings is 1. The number of likely N-dealkylation sites (N-methyl/N-ethyl adjacent to an activating group) is 1. The molecule has 1 saturated heterocycles. The number of allylic oxidation sites excluding steroid dienone is 2. The van der Waals surface area contributed by atoms with Crippen LogP contribution in [0.1, 0.15) is 31.7 Å². The topological polar surface area (TPSA) is 40.6 Å². The maximum absolute atomic E-state index is 5.46. The number of hydrogen-bond acceptors (Lipinski definition) is 5. The van der Waals surface area contributed by atoms with Gasteiger partial charge in [-0.05, 0) is 73.7 Å². The molecule has 0 radical (unpaired) electrons. The van der Waals surface area contributed by atoms with Gasteiger partial charge in [0.05, 0.1) is 12.6 Å². The van der Waals surface area contributed by atoms with Crippen LogP contribution in [0.15, 0.2) is 36.4 Å². The Hall–Kier alpha value is -2.11. The molecule has 4 aliphatic rings. The van der Waals surface area contributed by atoms with Crippen molar-refractivity contribution in [2.24, 2.45) is 23.2 Å². The van der Waals surface area contributed by atoms with E-state index in [1.807, 2.05) is 6.07 Å². The van der Waals surface area contributed by atoms with Crippen LogP contribution >= 0.6 is 0 Å². The molecule has 170 valence electrons. The minimum Gasteiger partial charge on any atom is -0.497 e. The second-order valence-electron chi connectivity index (χ2n) is 10.3. The second-order valence-corrected chi connectivity index (χ2v) is 10.3. The lowest BCUT2D eigenvalue weighted by molar-refractivity contribution is 0.270. The Balaban J connectivity index is 1.21. The zero-order valence-electron chi connectivity index (χ0n) is 19.5. The molecule has 1 aliphatic heterocycles. The number of ether oxygens (including phenoxy) is 1. The first kappa shape index (κ1) is 20.5. The SMILES string of the molecule is CCN1CCN(c2nc3cc(OC)ccc3cc2CNCC2CC3C=CC2C32CC2)CC1. The van der Waals surface area contributed by atoms with Crippen molar-refractivity contribution >= 4 is 16.7 Å². The van der Waals surface area contributed by atoms with Crippen LogP contribution in [0.3, 0.4) is 0 Å². The van der Waals surface area contributed by atoms with Crippen LogP contribution in [-0.4, -0.2) is 56.3 Å². The van der Waals surface area contributed by atoms with Crippen LogP contribution in [0.5, 0.6) is 5.75 Å². The summed E-state index contributed by atoms with van der Waals surface area (Å²) >= 11 is 0. The number of aromatic nitrogens is 1. The summed E-state index contributed by atoms with van der Waals surface area (Å²) in [7, 11) is 1.72. The molecule has 3 unspecified atom stereocenters. The molecule has 5 heteroatoms. The van der Waals surface area contributed by atoms with Gasteiger partial charge in [-0.1, -0.05) is 19.1 Å². The van der Waals surface area contributed by atoms with Crippen molar-refractivity contribution < 1.29 is 4.74 Å². The van der Waals surface area contributed by atoms with E-state index in [4.69, 9.17) is 9.72 Å². The maximum Gasteiger partial charge on any atom is 0.133 e. The highest BCUT2D eigenvalue weighted by Gasteiger charge is 2.62. The third kappa shape index (κ3) is 3.41. The van der Waals surface area contributed by atoms with Gasteiger partial charge in [-0.15, -0.1) is 0 Å². The Bertz CT molecular complexity index is 1020. The van der Waals surface area contributed by atoms with Gasteiger partial charge in [-0.3, -0.25) is 0 Å². The Morgan fingerprint density at radius 1 is 1.12 bits per heavy atom. The molecule has 1 aromatic carbocycles. The zero-order valence-corrected chi connectivity index (χ0v) is 19.5. The van der Waals surface area contributed by atoms with Crippen molar-refractivity contribution in [3.8, 4) is 5.75 Å². The minimum absolute atomic E-state index is 0.681. The van der Waals surface area contributed by atoms with E-state index in [2.05, 4.69) is 52.4 Å². The predicted octanol–water partition coefficient (Wildman–Crippen LogP) is 4.08. The van der Waals surface area contributed by atoms with Crippen LogP contribution < -0.4 is 15.0 Å². The summed E-state index contributed by atoms with van der Waals surface area (Å²) in [4.78, 5) is 10.2. The maximum atomic E-state index is 5.46. The summed E-state index contributed by atoms with van der Waals surface area (Å²) in [5.74, 6) is 4.52. The van der Waals surface area contributed by atoms with E-state index in [0.717, 1.165) is 80.7 Å². The molecule has 1 aromatic heterocycles. The van der Waals surface area contributed by atoms with Crippen molar-refractivity contribution in [1.29, 1.82) is 0 Å². The van der Waals surface area contributed by atoms with Crippen LogP contribution in [-0.2, 0) is 6.54 Å². The largest absolute Gasteiger partial charge is 0.497 e. The zero-order chi connectivity index (χ0) is 21.7. The highest BCUT2D eigenvalue weighted by molar-refractivity contribution is 5.83. The lowest BCUT2D eigenvalue weighted by atomic mass is 9.89. The van der Waals surface area contributed by atoms with E-state index in [-0.39, 0.29) is 0 Å². The van der Waals surface area contributed by atoms with Crippen molar-refractivity contribution in [3.63, 3.8) is 0 Å². The van der Waals surface area contributed by atoms with E-state index in [0.29, 0.717) is 5.41 Å². The number of rotatable bonds is 7. The fourth-order valence-corrected chi connectivity index (χ4v) is 6.74. The molecule has 32 heavy (non-hydrogen) atoms. The summed E-state index contributed by atoms with van der Waals surface area (Å²) < 4.78 is 5.46. The molecule has 3 aliphatic carbocycles. The summed E-state index contributed by atoms with van der Waals surface area (Å²) in [6, 6.07) is 8.59. The fourth-order valence-electron chi connectivity index (χ4n) is 6.74. The molecule has 2 aromatic rings. The van der Waals surface area contributed by atoms with E-state index in [1.54, 1.807) is 7.11 Å². The highest BCUT2D eigenvalue weighted by atomic mass is 16.5. The first-order valence-electron chi connectivity index (χ1n) is 12.5. The standard InChI is InChI=1S/C27H36N4O/c1-3-30-10-12-31(13-11-30)26-21(14-19-4-6-23(32-2)16-25(19)29-26)18-28-17-20-15-22-5-7-24(20)27(22)8-9-27/h4-7,14,16,20,22,24,28H,3,8-13,15,17-18H2,1-2H3. The molecule has 2 heterocycles.